The fourth-order valence-corrected chi connectivity index (χ4v) is 10.8. The Hall–Kier alpha value is -2.21. The van der Waals surface area contributed by atoms with E-state index >= 15 is 0 Å². The van der Waals surface area contributed by atoms with Crippen LogP contribution in [-0.4, -0.2) is 88.1 Å². The van der Waals surface area contributed by atoms with Crippen LogP contribution in [0.3, 0.4) is 0 Å². The van der Waals surface area contributed by atoms with Gasteiger partial charge in [-0.15, -0.1) is 0 Å². The second-order valence-electron chi connectivity index (χ2n) is 15.2. The van der Waals surface area contributed by atoms with Crippen LogP contribution in [0.25, 0.3) is 0 Å². The van der Waals surface area contributed by atoms with Crippen LogP contribution in [0.4, 0.5) is 0 Å². The molecule has 10 heteroatoms. The lowest BCUT2D eigenvalue weighted by Gasteiger charge is -2.66. The predicted octanol–water partition coefficient (Wildman–Crippen LogP) is 3.90. The van der Waals surface area contributed by atoms with E-state index in [1.807, 2.05) is 31.3 Å². The van der Waals surface area contributed by atoms with E-state index in [1.165, 1.54) is 0 Å². The van der Waals surface area contributed by atoms with Gasteiger partial charge in [-0.2, -0.15) is 0 Å². The molecule has 6 aliphatic rings. The van der Waals surface area contributed by atoms with Crippen molar-refractivity contribution in [2.45, 2.75) is 127 Å². The van der Waals surface area contributed by atoms with E-state index in [4.69, 9.17) is 23.9 Å². The van der Waals surface area contributed by atoms with Crippen LogP contribution < -0.4 is 0 Å². The van der Waals surface area contributed by atoms with Crippen molar-refractivity contribution in [2.75, 3.05) is 13.7 Å². The van der Waals surface area contributed by atoms with Gasteiger partial charge in [0.1, 0.15) is 12.7 Å². The first-order valence-electron chi connectivity index (χ1n) is 17.3. The molecule has 4 aliphatic carbocycles. The average molecular weight is 639 g/mol. The number of rotatable bonds is 7. The monoisotopic (exact) mass is 638 g/mol. The first-order chi connectivity index (χ1) is 22.0. The first kappa shape index (κ1) is 32.3. The van der Waals surface area contributed by atoms with Crippen LogP contribution in [0.2, 0.25) is 0 Å². The van der Waals surface area contributed by atoms with Crippen molar-refractivity contribution in [3.8, 4) is 0 Å². The molecule has 0 aromatic carbocycles. The van der Waals surface area contributed by atoms with Gasteiger partial charge < -0.3 is 34.3 Å². The van der Waals surface area contributed by atoms with Crippen LogP contribution in [-0.2, 0) is 30.3 Å². The summed E-state index contributed by atoms with van der Waals surface area (Å²) in [7, 11) is 1.59. The first-order valence-corrected chi connectivity index (χ1v) is 17.3. The quantitative estimate of drug-likeness (QED) is 0.231. The molecule has 5 fully saturated rings. The molecule has 10 nitrogen and oxygen atoms in total. The van der Waals surface area contributed by atoms with Crippen molar-refractivity contribution in [2.24, 2.45) is 33.6 Å². The van der Waals surface area contributed by atoms with Gasteiger partial charge in [-0.1, -0.05) is 13.0 Å². The molecule has 0 bridgehead atoms. The van der Waals surface area contributed by atoms with Crippen LogP contribution in [0, 0.1) is 28.6 Å². The van der Waals surface area contributed by atoms with Gasteiger partial charge in [-0.05, 0) is 93.7 Å². The molecule has 1 saturated heterocycles. The van der Waals surface area contributed by atoms with E-state index in [2.05, 4.69) is 11.9 Å². The lowest BCUT2D eigenvalue weighted by atomic mass is 9.41. The number of carbonyl (C=O) groups excluding carboxylic acids is 1. The number of nitrogens with zero attached hydrogens (tertiary/aromatic N) is 2. The molecule has 46 heavy (non-hydrogen) atoms. The number of aromatic nitrogens is 1. The third-order valence-electron chi connectivity index (χ3n) is 13.2. The van der Waals surface area contributed by atoms with Gasteiger partial charge in [-0.3, -0.25) is 9.98 Å². The number of aliphatic hydroxyl groups excluding tert-OH is 1. The molecule has 0 unspecified atom stereocenters. The Kier molecular flexibility index (Phi) is 8.46. The van der Waals surface area contributed by atoms with E-state index in [1.54, 1.807) is 19.4 Å². The number of aliphatic hydroxyl groups is 3. The van der Waals surface area contributed by atoms with Crippen LogP contribution in [0.1, 0.15) is 83.7 Å². The molecule has 0 radical (unpaired) electrons. The minimum Gasteiger partial charge on any atom is -0.458 e. The molecule has 1 aromatic heterocycles. The summed E-state index contributed by atoms with van der Waals surface area (Å²) in [5.74, 6) is -0.128. The molecular formula is C36H50N2O8. The maximum atomic E-state index is 12.8. The number of cyclic esters (lactones) is 1. The van der Waals surface area contributed by atoms with Gasteiger partial charge in [0.05, 0.1) is 41.8 Å². The maximum absolute atomic E-state index is 12.8. The van der Waals surface area contributed by atoms with E-state index in [9.17, 15) is 20.1 Å². The summed E-state index contributed by atoms with van der Waals surface area (Å²) in [5, 5.41) is 36.0. The van der Waals surface area contributed by atoms with Gasteiger partial charge in [0.15, 0.2) is 6.29 Å². The Morgan fingerprint density at radius 3 is 2.67 bits per heavy atom. The molecule has 2 aliphatic heterocycles. The van der Waals surface area contributed by atoms with Crippen molar-refractivity contribution in [1.29, 1.82) is 0 Å². The van der Waals surface area contributed by atoms with Crippen molar-refractivity contribution < 1.29 is 39.1 Å². The zero-order valence-electron chi connectivity index (χ0n) is 27.3. The Labute approximate surface area is 271 Å². The molecule has 1 aromatic rings. The SMILES string of the molecule is CO[C@@H]1C[C@H](O[C@@H]2CC[C@]3(C=NCc4ccccn4)[C@H]4CC[C@]5(C)[C@H](C6=CC(=O)OC6)CC[C@]5(O)[C@@H]4CC[C@]3(O)C2)O[C@H](C)[C@@H]1O. The molecule has 252 valence electrons. The van der Waals surface area contributed by atoms with E-state index in [-0.39, 0.29) is 41.3 Å². The number of carbonyl (C=O) groups is 1. The lowest BCUT2D eigenvalue weighted by Crippen LogP contribution is -2.69. The Bertz CT molecular complexity index is 1360. The lowest BCUT2D eigenvalue weighted by molar-refractivity contribution is -0.284. The fourth-order valence-electron chi connectivity index (χ4n) is 10.8. The number of hydrogen-bond acceptors (Lipinski definition) is 10. The summed E-state index contributed by atoms with van der Waals surface area (Å²) < 4.78 is 23.4. The Morgan fingerprint density at radius 2 is 1.93 bits per heavy atom. The molecule has 3 N–H and O–H groups in total. The molecular weight excluding hydrogens is 588 g/mol. The van der Waals surface area contributed by atoms with Gasteiger partial charge in [0, 0.05) is 49.3 Å². The molecule has 7 rings (SSSR count). The van der Waals surface area contributed by atoms with Crippen LogP contribution in [0.15, 0.2) is 41.0 Å². The molecule has 4 saturated carbocycles. The number of fused-ring (bicyclic) bond motifs is 5. The van der Waals surface area contributed by atoms with Crippen LogP contribution in [0.5, 0.6) is 0 Å². The Balaban J connectivity index is 1.17. The second kappa shape index (κ2) is 12.0. The summed E-state index contributed by atoms with van der Waals surface area (Å²) >= 11 is 0. The van der Waals surface area contributed by atoms with Crippen molar-refractivity contribution in [3.05, 3.63) is 41.7 Å². The van der Waals surface area contributed by atoms with Gasteiger partial charge >= 0.3 is 5.97 Å². The molecule has 0 amide bonds. The number of esters is 1. The summed E-state index contributed by atoms with van der Waals surface area (Å²) in [4.78, 5) is 21.4. The zero-order valence-corrected chi connectivity index (χ0v) is 27.3. The maximum Gasteiger partial charge on any atom is 0.331 e. The fraction of sp³-hybridized carbons (Fsp3) is 0.750. The van der Waals surface area contributed by atoms with Gasteiger partial charge in [0.2, 0.25) is 0 Å². The molecule has 12 atom stereocenters. The molecule has 3 heterocycles. The highest BCUT2D eigenvalue weighted by Gasteiger charge is 2.71. The highest BCUT2D eigenvalue weighted by Crippen LogP contribution is 2.70. The summed E-state index contributed by atoms with van der Waals surface area (Å²) in [5.41, 5.74) is -1.09. The third kappa shape index (κ3) is 5.10. The number of pyridine rings is 1. The van der Waals surface area contributed by atoms with Gasteiger partial charge in [0.25, 0.3) is 0 Å². The number of ether oxygens (including phenoxy) is 4. The second-order valence-corrected chi connectivity index (χ2v) is 15.2. The third-order valence-corrected chi connectivity index (χ3v) is 13.2. The predicted molar refractivity (Wildman–Crippen MR) is 169 cm³/mol. The van der Waals surface area contributed by atoms with E-state index in [0.717, 1.165) is 37.0 Å². The number of methoxy groups -OCH3 is 1. The van der Waals surface area contributed by atoms with Crippen molar-refractivity contribution >= 4 is 12.2 Å². The highest BCUT2D eigenvalue weighted by molar-refractivity contribution is 5.85. The summed E-state index contributed by atoms with van der Waals surface area (Å²) in [6, 6.07) is 5.81. The minimum absolute atomic E-state index is 0.000364. The molecule has 0 spiro atoms. The largest absolute Gasteiger partial charge is 0.458 e. The standard InChI is InChI=1S/C36H50N2O8/c1-22-32(40)29(43-3)17-31(45-22)46-25-7-12-34(21-37-19-24-6-4-5-15-38-24)27-8-11-33(2)26(23-16-30(39)44-20-23)10-14-36(33,42)28(27)9-13-35(34,41)18-25/h4-6,15-16,21-22,25-29,31-32,40-42H,7-14,17-20H2,1-3H3/t22-,25-,26+,27+,28-,29-,31+,32+,33-,34+,35+,36+/m1/s1. The topological polar surface area (TPSA) is 140 Å². The Morgan fingerprint density at radius 1 is 1.11 bits per heavy atom. The van der Waals surface area contributed by atoms with Crippen molar-refractivity contribution in [1.82, 2.24) is 4.98 Å². The average Bonchev–Trinajstić information content (AvgIpc) is 3.58. The van der Waals surface area contributed by atoms with Crippen LogP contribution >= 0.6 is 0 Å². The summed E-state index contributed by atoms with van der Waals surface area (Å²) in [6.45, 7) is 4.79. The van der Waals surface area contributed by atoms with E-state index in [0.29, 0.717) is 51.7 Å². The number of hydrogen-bond donors (Lipinski definition) is 3. The zero-order chi connectivity index (χ0) is 32.3. The normalized spacial score (nSPS) is 47.2. The smallest absolute Gasteiger partial charge is 0.331 e. The minimum atomic E-state index is -1.07. The van der Waals surface area contributed by atoms with Crippen molar-refractivity contribution in [3.63, 3.8) is 0 Å². The van der Waals surface area contributed by atoms with Gasteiger partial charge in [-0.25, -0.2) is 4.79 Å². The number of aliphatic imine (C=N–C) groups is 1. The highest BCUT2D eigenvalue weighted by atomic mass is 16.7. The summed E-state index contributed by atoms with van der Waals surface area (Å²) in [6.07, 6.45) is 9.93. The van der Waals surface area contributed by atoms with E-state index < -0.39 is 35.1 Å².